The van der Waals surface area contributed by atoms with Crippen LogP contribution in [0.25, 0.3) is 0 Å². The Balaban J connectivity index is 4.82. The lowest BCUT2D eigenvalue weighted by atomic mass is 10.0. The standard InChI is InChI=1S/C13H27N3O2/c1-5-10(6-2)16(8-9(3)4)13(18)11(14)7-12(15)17/h9-11H,5-8,14H2,1-4H3,(H2,15,17). The summed E-state index contributed by atoms with van der Waals surface area (Å²) in [4.78, 5) is 24.9. The van der Waals surface area contributed by atoms with Crippen LogP contribution in [0.1, 0.15) is 47.0 Å². The molecule has 0 spiro atoms. The highest BCUT2D eigenvalue weighted by Crippen LogP contribution is 2.13. The van der Waals surface area contributed by atoms with Gasteiger partial charge in [0.2, 0.25) is 11.8 Å². The molecule has 5 heteroatoms. The lowest BCUT2D eigenvalue weighted by molar-refractivity contribution is -0.137. The van der Waals surface area contributed by atoms with Crippen LogP contribution in [0.4, 0.5) is 0 Å². The van der Waals surface area contributed by atoms with Crippen molar-refractivity contribution in [1.29, 1.82) is 0 Å². The van der Waals surface area contributed by atoms with Crippen LogP contribution in [-0.4, -0.2) is 35.3 Å². The first-order valence-corrected chi connectivity index (χ1v) is 6.67. The van der Waals surface area contributed by atoms with Gasteiger partial charge in [-0.3, -0.25) is 9.59 Å². The number of carbonyl (C=O) groups excluding carboxylic acids is 2. The third-order valence-electron chi connectivity index (χ3n) is 2.97. The molecule has 0 heterocycles. The van der Waals surface area contributed by atoms with Gasteiger partial charge in [0.1, 0.15) is 0 Å². The van der Waals surface area contributed by atoms with E-state index in [9.17, 15) is 9.59 Å². The van der Waals surface area contributed by atoms with Gasteiger partial charge in [0.15, 0.2) is 0 Å². The maximum absolute atomic E-state index is 12.3. The van der Waals surface area contributed by atoms with Crippen molar-refractivity contribution in [3.63, 3.8) is 0 Å². The lowest BCUT2D eigenvalue weighted by Gasteiger charge is -2.33. The topological polar surface area (TPSA) is 89.4 Å². The zero-order valence-corrected chi connectivity index (χ0v) is 12.0. The Morgan fingerprint density at radius 2 is 1.67 bits per heavy atom. The molecule has 106 valence electrons. The van der Waals surface area contributed by atoms with E-state index in [4.69, 9.17) is 11.5 Å². The van der Waals surface area contributed by atoms with E-state index in [2.05, 4.69) is 13.8 Å². The van der Waals surface area contributed by atoms with E-state index in [1.807, 2.05) is 13.8 Å². The number of rotatable bonds is 8. The van der Waals surface area contributed by atoms with Crippen LogP contribution in [0.5, 0.6) is 0 Å². The number of primary amides is 1. The van der Waals surface area contributed by atoms with E-state index < -0.39 is 11.9 Å². The van der Waals surface area contributed by atoms with Crippen molar-refractivity contribution in [3.05, 3.63) is 0 Å². The minimum absolute atomic E-state index is 0.0897. The fraction of sp³-hybridized carbons (Fsp3) is 0.846. The Labute approximate surface area is 110 Å². The van der Waals surface area contributed by atoms with Crippen LogP contribution < -0.4 is 11.5 Å². The van der Waals surface area contributed by atoms with E-state index in [0.29, 0.717) is 12.5 Å². The number of nitrogens with zero attached hydrogens (tertiary/aromatic N) is 1. The molecule has 0 saturated heterocycles. The average molecular weight is 257 g/mol. The quantitative estimate of drug-likeness (QED) is 0.676. The maximum atomic E-state index is 12.3. The van der Waals surface area contributed by atoms with Crippen LogP contribution in [0.2, 0.25) is 0 Å². The summed E-state index contributed by atoms with van der Waals surface area (Å²) in [6, 6.07) is -0.638. The molecule has 0 saturated carbocycles. The summed E-state index contributed by atoms with van der Waals surface area (Å²) in [5, 5.41) is 0. The van der Waals surface area contributed by atoms with Gasteiger partial charge >= 0.3 is 0 Å². The third-order valence-corrected chi connectivity index (χ3v) is 2.97. The largest absolute Gasteiger partial charge is 0.370 e. The summed E-state index contributed by atoms with van der Waals surface area (Å²) in [6.07, 6.45) is 1.68. The molecule has 0 aliphatic heterocycles. The van der Waals surface area contributed by atoms with Crippen molar-refractivity contribution in [2.45, 2.75) is 59.0 Å². The summed E-state index contributed by atoms with van der Waals surface area (Å²) >= 11 is 0. The van der Waals surface area contributed by atoms with Gasteiger partial charge in [-0.15, -0.1) is 0 Å². The van der Waals surface area contributed by atoms with Crippen molar-refractivity contribution in [3.8, 4) is 0 Å². The van der Waals surface area contributed by atoms with Crippen LogP contribution in [0.15, 0.2) is 0 Å². The molecule has 0 aromatic rings. The van der Waals surface area contributed by atoms with Gasteiger partial charge in [-0.25, -0.2) is 0 Å². The first-order valence-electron chi connectivity index (χ1n) is 6.67. The zero-order chi connectivity index (χ0) is 14.3. The van der Waals surface area contributed by atoms with Gasteiger partial charge in [-0.2, -0.15) is 0 Å². The Morgan fingerprint density at radius 1 is 1.17 bits per heavy atom. The monoisotopic (exact) mass is 257 g/mol. The van der Waals surface area contributed by atoms with Crippen molar-refractivity contribution in [2.75, 3.05) is 6.54 Å². The van der Waals surface area contributed by atoms with Crippen LogP contribution in [0, 0.1) is 5.92 Å². The molecule has 0 rings (SSSR count). The predicted molar refractivity (Wildman–Crippen MR) is 72.7 cm³/mol. The van der Waals surface area contributed by atoms with Crippen molar-refractivity contribution >= 4 is 11.8 Å². The molecular formula is C13H27N3O2. The van der Waals surface area contributed by atoms with Gasteiger partial charge < -0.3 is 16.4 Å². The van der Waals surface area contributed by atoms with Gasteiger partial charge in [0.05, 0.1) is 12.5 Å². The molecule has 0 aliphatic rings. The first kappa shape index (κ1) is 16.9. The number of amides is 2. The molecular weight excluding hydrogens is 230 g/mol. The van der Waals surface area contributed by atoms with E-state index in [1.165, 1.54) is 0 Å². The summed E-state index contributed by atoms with van der Waals surface area (Å²) in [5.41, 5.74) is 10.8. The number of hydrogen-bond donors (Lipinski definition) is 2. The minimum Gasteiger partial charge on any atom is -0.370 e. The van der Waals surface area contributed by atoms with E-state index >= 15 is 0 Å². The first-order chi connectivity index (χ1) is 8.33. The van der Waals surface area contributed by atoms with Gasteiger partial charge in [0.25, 0.3) is 0 Å². The molecule has 5 nitrogen and oxygen atoms in total. The van der Waals surface area contributed by atoms with E-state index in [-0.39, 0.29) is 18.4 Å². The molecule has 0 fully saturated rings. The smallest absolute Gasteiger partial charge is 0.240 e. The Morgan fingerprint density at radius 3 is 2.00 bits per heavy atom. The highest BCUT2D eigenvalue weighted by molar-refractivity contribution is 5.87. The lowest BCUT2D eigenvalue weighted by Crippen LogP contribution is -2.50. The molecule has 1 atom stereocenters. The normalized spacial score (nSPS) is 12.8. The fourth-order valence-electron chi connectivity index (χ4n) is 2.06. The van der Waals surface area contributed by atoms with Gasteiger partial charge in [0, 0.05) is 12.6 Å². The van der Waals surface area contributed by atoms with Crippen molar-refractivity contribution in [2.24, 2.45) is 17.4 Å². The molecule has 2 amide bonds. The summed E-state index contributed by atoms with van der Waals surface area (Å²) in [7, 11) is 0. The summed E-state index contributed by atoms with van der Waals surface area (Å²) in [6.45, 7) is 8.88. The molecule has 0 aliphatic carbocycles. The Hall–Kier alpha value is -1.10. The highest BCUT2D eigenvalue weighted by Gasteiger charge is 2.27. The summed E-state index contributed by atoms with van der Waals surface area (Å²) < 4.78 is 0. The van der Waals surface area contributed by atoms with Crippen LogP contribution in [0.3, 0.4) is 0 Å². The summed E-state index contributed by atoms with van der Waals surface area (Å²) in [5.74, 6) is -0.337. The Bertz CT molecular complexity index is 275. The predicted octanol–water partition coefficient (Wildman–Crippen LogP) is 0.862. The second-order valence-corrected chi connectivity index (χ2v) is 5.13. The third kappa shape index (κ3) is 5.49. The maximum Gasteiger partial charge on any atom is 0.240 e. The number of carbonyl (C=O) groups is 2. The molecule has 1 unspecified atom stereocenters. The van der Waals surface area contributed by atoms with Crippen LogP contribution in [-0.2, 0) is 9.59 Å². The minimum atomic E-state index is -0.818. The Kier molecular flexibility index (Phi) is 7.59. The molecule has 4 N–H and O–H groups in total. The van der Waals surface area contributed by atoms with Gasteiger partial charge in [-0.05, 0) is 18.8 Å². The highest BCUT2D eigenvalue weighted by atomic mass is 16.2. The average Bonchev–Trinajstić information content (AvgIpc) is 2.26. The van der Waals surface area contributed by atoms with E-state index in [1.54, 1.807) is 4.90 Å². The SMILES string of the molecule is CCC(CC)N(CC(C)C)C(=O)C(N)CC(N)=O. The second kappa shape index (κ2) is 8.08. The molecule has 0 aromatic carbocycles. The number of hydrogen-bond acceptors (Lipinski definition) is 3. The van der Waals surface area contributed by atoms with Crippen molar-refractivity contribution < 1.29 is 9.59 Å². The molecule has 18 heavy (non-hydrogen) atoms. The second-order valence-electron chi connectivity index (χ2n) is 5.13. The van der Waals surface area contributed by atoms with Crippen molar-refractivity contribution in [1.82, 2.24) is 4.90 Å². The number of nitrogens with two attached hydrogens (primary N) is 2. The van der Waals surface area contributed by atoms with E-state index in [0.717, 1.165) is 12.8 Å². The van der Waals surface area contributed by atoms with Crippen LogP contribution >= 0.6 is 0 Å². The molecule has 0 aromatic heterocycles. The molecule has 0 bridgehead atoms. The molecule has 0 radical (unpaired) electrons. The fourth-order valence-corrected chi connectivity index (χ4v) is 2.06. The zero-order valence-electron chi connectivity index (χ0n) is 12.0. The van der Waals surface area contributed by atoms with Gasteiger partial charge in [-0.1, -0.05) is 27.7 Å².